The van der Waals surface area contributed by atoms with Crippen LogP contribution in [-0.2, 0) is 16.8 Å². The third-order valence-electron chi connectivity index (χ3n) is 6.52. The number of piperidine rings is 1. The number of rotatable bonds is 10. The highest BCUT2D eigenvalue weighted by atomic mass is 19.4. The Morgan fingerprint density at radius 2 is 1.83 bits per heavy atom. The van der Waals surface area contributed by atoms with E-state index in [9.17, 15) is 27.9 Å². The van der Waals surface area contributed by atoms with Crippen molar-refractivity contribution in [1.82, 2.24) is 9.88 Å². The van der Waals surface area contributed by atoms with Crippen molar-refractivity contribution < 1.29 is 32.6 Å². The van der Waals surface area contributed by atoms with Gasteiger partial charge in [0.1, 0.15) is 0 Å². The second kappa shape index (κ2) is 11.7. The minimum absolute atomic E-state index is 0.179. The summed E-state index contributed by atoms with van der Waals surface area (Å²) in [5.74, 6) is -0.538. The molecule has 2 aromatic rings. The van der Waals surface area contributed by atoms with Crippen molar-refractivity contribution in [3.63, 3.8) is 0 Å². The molecule has 0 aliphatic carbocycles. The molecule has 1 aromatic heterocycles. The fourth-order valence-electron chi connectivity index (χ4n) is 4.42. The van der Waals surface area contributed by atoms with Gasteiger partial charge in [-0.1, -0.05) is 43.7 Å². The van der Waals surface area contributed by atoms with Crippen molar-refractivity contribution in [1.29, 1.82) is 0 Å². The number of benzene rings is 1. The lowest BCUT2D eigenvalue weighted by molar-refractivity contribution is -0.262. The molecule has 1 fully saturated rings. The zero-order valence-corrected chi connectivity index (χ0v) is 19.8. The molecule has 190 valence electrons. The van der Waals surface area contributed by atoms with E-state index in [0.29, 0.717) is 48.9 Å². The van der Waals surface area contributed by atoms with Gasteiger partial charge in [0.2, 0.25) is 5.88 Å². The number of aryl methyl sites for hydroxylation is 1. The molecule has 2 heterocycles. The fourth-order valence-corrected chi connectivity index (χ4v) is 4.42. The van der Waals surface area contributed by atoms with Gasteiger partial charge in [0.25, 0.3) is 11.5 Å². The highest BCUT2D eigenvalue weighted by Gasteiger charge is 2.62. The first-order chi connectivity index (χ1) is 16.7. The quantitative estimate of drug-likeness (QED) is 0.384. The third-order valence-corrected chi connectivity index (χ3v) is 6.52. The number of aldehydes is 1. The van der Waals surface area contributed by atoms with Gasteiger partial charge in [-0.25, -0.2) is 4.98 Å². The Bertz CT molecular complexity index is 992. The van der Waals surface area contributed by atoms with E-state index in [1.54, 1.807) is 12.1 Å². The Morgan fingerprint density at radius 1 is 1.14 bits per heavy atom. The molecule has 1 aromatic carbocycles. The number of pyridine rings is 1. The second-order valence-corrected chi connectivity index (χ2v) is 8.81. The normalized spacial score (nSPS) is 16.5. The summed E-state index contributed by atoms with van der Waals surface area (Å²) in [4.78, 5) is 29.3. The molecule has 0 bridgehead atoms. The molecule has 1 unspecified atom stereocenters. The molecule has 0 spiro atoms. The number of carbonyl (C=O) groups is 2. The van der Waals surface area contributed by atoms with E-state index >= 15 is 0 Å². The SMILES string of the molecule is CCc1nc(OCCCCC2CCN(C(=O)C(O)(c3ccccc3)C(F)(F)F)CC2)ccc1C=O. The molecule has 1 aliphatic rings. The van der Waals surface area contributed by atoms with E-state index in [0.717, 1.165) is 42.6 Å². The summed E-state index contributed by atoms with van der Waals surface area (Å²) >= 11 is 0. The van der Waals surface area contributed by atoms with Gasteiger partial charge in [-0.3, -0.25) is 9.59 Å². The number of alkyl halides is 3. The second-order valence-electron chi connectivity index (χ2n) is 8.81. The van der Waals surface area contributed by atoms with E-state index in [-0.39, 0.29) is 13.1 Å². The molecule has 1 aliphatic heterocycles. The maximum atomic E-state index is 13.8. The Kier molecular flexibility index (Phi) is 8.88. The topological polar surface area (TPSA) is 79.7 Å². The summed E-state index contributed by atoms with van der Waals surface area (Å²) in [6, 6.07) is 9.88. The summed E-state index contributed by atoms with van der Waals surface area (Å²) in [6.45, 7) is 2.75. The molecule has 9 heteroatoms. The predicted molar refractivity (Wildman–Crippen MR) is 124 cm³/mol. The van der Waals surface area contributed by atoms with Crippen molar-refractivity contribution in [2.45, 2.75) is 57.2 Å². The van der Waals surface area contributed by atoms with Gasteiger partial charge in [0.15, 0.2) is 6.29 Å². The standard InChI is InChI=1S/C26H31F3N2O4/c1-2-22-20(18-32)11-12-23(30-22)35-17-7-6-8-19-13-15-31(16-14-19)24(33)25(34,26(27,28)29)21-9-4-3-5-10-21/h3-5,9-12,18-19,34H,2,6-8,13-17H2,1H3. The monoisotopic (exact) mass is 492 g/mol. The summed E-state index contributed by atoms with van der Waals surface area (Å²) in [5.41, 5.74) is -2.76. The highest BCUT2D eigenvalue weighted by molar-refractivity contribution is 5.87. The summed E-state index contributed by atoms with van der Waals surface area (Å²) in [7, 11) is 0. The number of carbonyl (C=O) groups excluding carboxylic acids is 2. The van der Waals surface area contributed by atoms with Gasteiger partial charge in [0, 0.05) is 30.3 Å². The fraction of sp³-hybridized carbons (Fsp3) is 0.500. The molecule has 35 heavy (non-hydrogen) atoms. The molecule has 1 amide bonds. The van der Waals surface area contributed by atoms with Crippen LogP contribution in [-0.4, -0.2) is 53.1 Å². The van der Waals surface area contributed by atoms with Gasteiger partial charge in [-0.05, 0) is 44.1 Å². The van der Waals surface area contributed by atoms with E-state index in [2.05, 4.69) is 4.98 Å². The molecule has 3 rings (SSSR count). The number of nitrogens with zero attached hydrogens (tertiary/aromatic N) is 2. The van der Waals surface area contributed by atoms with E-state index in [1.165, 1.54) is 18.2 Å². The van der Waals surface area contributed by atoms with Crippen molar-refractivity contribution in [3.05, 3.63) is 59.3 Å². The highest BCUT2D eigenvalue weighted by Crippen LogP contribution is 2.41. The number of hydrogen-bond donors (Lipinski definition) is 1. The van der Waals surface area contributed by atoms with Crippen LogP contribution in [0.15, 0.2) is 42.5 Å². The van der Waals surface area contributed by atoms with Crippen LogP contribution in [0.4, 0.5) is 13.2 Å². The number of aliphatic hydroxyl groups is 1. The predicted octanol–water partition coefficient (Wildman–Crippen LogP) is 4.69. The van der Waals surface area contributed by atoms with Gasteiger partial charge in [-0.15, -0.1) is 0 Å². The molecule has 1 N–H and O–H groups in total. The van der Waals surface area contributed by atoms with E-state index in [4.69, 9.17) is 4.74 Å². The lowest BCUT2D eigenvalue weighted by Gasteiger charge is -2.38. The number of unbranched alkanes of at least 4 members (excludes halogenated alkanes) is 1. The van der Waals surface area contributed by atoms with Crippen LogP contribution in [0, 0.1) is 5.92 Å². The van der Waals surface area contributed by atoms with Crippen molar-refractivity contribution >= 4 is 12.2 Å². The Hall–Kier alpha value is -2.94. The van der Waals surface area contributed by atoms with Crippen molar-refractivity contribution in [2.24, 2.45) is 5.92 Å². The average molecular weight is 493 g/mol. The van der Waals surface area contributed by atoms with Gasteiger partial charge in [-0.2, -0.15) is 13.2 Å². The smallest absolute Gasteiger partial charge is 0.430 e. The maximum Gasteiger partial charge on any atom is 0.430 e. The van der Waals surface area contributed by atoms with Crippen LogP contribution in [0.5, 0.6) is 5.88 Å². The Morgan fingerprint density at radius 3 is 2.43 bits per heavy atom. The number of hydrogen-bond acceptors (Lipinski definition) is 5. The molecule has 1 saturated heterocycles. The number of likely N-dealkylation sites (tertiary alicyclic amines) is 1. The van der Waals surface area contributed by atoms with Crippen molar-refractivity contribution in [2.75, 3.05) is 19.7 Å². The van der Waals surface area contributed by atoms with Crippen LogP contribution in [0.3, 0.4) is 0 Å². The number of amides is 1. The van der Waals surface area contributed by atoms with Gasteiger partial charge >= 0.3 is 6.18 Å². The first-order valence-corrected chi connectivity index (χ1v) is 11.9. The largest absolute Gasteiger partial charge is 0.478 e. The summed E-state index contributed by atoms with van der Waals surface area (Å²) in [6.07, 6.45) is 0.0153. The molecular formula is C26H31F3N2O4. The van der Waals surface area contributed by atoms with E-state index in [1.807, 2.05) is 6.92 Å². The van der Waals surface area contributed by atoms with Crippen LogP contribution >= 0.6 is 0 Å². The van der Waals surface area contributed by atoms with Crippen LogP contribution in [0.1, 0.15) is 60.6 Å². The molecule has 0 radical (unpaired) electrons. The third kappa shape index (κ3) is 6.20. The lowest BCUT2D eigenvalue weighted by atomic mass is 9.88. The minimum atomic E-state index is -5.12. The molecule has 1 atom stereocenters. The molecule has 0 saturated carbocycles. The Balaban J connectivity index is 1.45. The minimum Gasteiger partial charge on any atom is -0.478 e. The van der Waals surface area contributed by atoms with Crippen LogP contribution < -0.4 is 4.74 Å². The molecule has 6 nitrogen and oxygen atoms in total. The van der Waals surface area contributed by atoms with E-state index < -0.39 is 23.2 Å². The van der Waals surface area contributed by atoms with Crippen molar-refractivity contribution in [3.8, 4) is 5.88 Å². The first-order valence-electron chi connectivity index (χ1n) is 11.9. The number of aromatic nitrogens is 1. The first kappa shape index (κ1) is 26.7. The average Bonchev–Trinajstić information content (AvgIpc) is 2.87. The van der Waals surface area contributed by atoms with Crippen LogP contribution in [0.2, 0.25) is 0 Å². The maximum absolute atomic E-state index is 13.8. The zero-order chi connectivity index (χ0) is 25.5. The van der Waals surface area contributed by atoms with Gasteiger partial charge in [0.05, 0.1) is 12.3 Å². The van der Waals surface area contributed by atoms with Crippen LogP contribution in [0.25, 0.3) is 0 Å². The molecular weight excluding hydrogens is 461 g/mol. The lowest BCUT2D eigenvalue weighted by Crippen LogP contribution is -2.57. The Labute approximate surface area is 203 Å². The summed E-state index contributed by atoms with van der Waals surface area (Å²) < 4.78 is 47.0. The number of halogens is 3. The summed E-state index contributed by atoms with van der Waals surface area (Å²) in [5, 5.41) is 10.5. The van der Waals surface area contributed by atoms with Gasteiger partial charge < -0.3 is 14.7 Å². The zero-order valence-electron chi connectivity index (χ0n) is 19.8. The number of ether oxygens (including phenoxy) is 1.